The zero-order valence-electron chi connectivity index (χ0n) is 13.7. The van der Waals surface area contributed by atoms with Crippen LogP contribution in [0.3, 0.4) is 0 Å². The number of hydrogen-bond donors (Lipinski definition) is 0. The Bertz CT molecular complexity index is 713. The van der Waals surface area contributed by atoms with Crippen molar-refractivity contribution in [3.63, 3.8) is 0 Å². The van der Waals surface area contributed by atoms with Gasteiger partial charge in [-0.05, 0) is 25.1 Å². The monoisotopic (exact) mass is 320 g/mol. The van der Waals surface area contributed by atoms with E-state index in [2.05, 4.69) is 0 Å². The molecule has 0 saturated heterocycles. The second-order valence-corrected chi connectivity index (χ2v) is 5.40. The molecule has 0 aliphatic heterocycles. The van der Waals surface area contributed by atoms with Gasteiger partial charge in [-0.15, -0.1) is 0 Å². The van der Waals surface area contributed by atoms with E-state index in [4.69, 9.17) is 18.6 Å². The molecule has 0 spiro atoms. The molecule has 0 fully saturated rings. The Kier molecular flexibility index (Phi) is 5.39. The summed E-state index contributed by atoms with van der Waals surface area (Å²) in [7, 11) is 1.53. The molecule has 6 nitrogen and oxygen atoms in total. The molecule has 0 amide bonds. The van der Waals surface area contributed by atoms with Gasteiger partial charge in [0, 0.05) is 12.5 Å². The maximum absolute atomic E-state index is 12.2. The van der Waals surface area contributed by atoms with E-state index in [1.807, 2.05) is 0 Å². The van der Waals surface area contributed by atoms with Crippen LogP contribution in [0.1, 0.15) is 30.0 Å². The molecule has 0 aliphatic rings. The van der Waals surface area contributed by atoms with E-state index in [1.165, 1.54) is 7.11 Å². The van der Waals surface area contributed by atoms with Gasteiger partial charge in [-0.2, -0.15) is 0 Å². The molecule has 2 rings (SSSR count). The van der Waals surface area contributed by atoms with Gasteiger partial charge in [0.05, 0.1) is 12.5 Å². The topological polar surface area (TPSA) is 75.0 Å². The van der Waals surface area contributed by atoms with Crippen molar-refractivity contribution in [3.05, 3.63) is 29.5 Å². The summed E-state index contributed by atoms with van der Waals surface area (Å²) in [6.07, 6.45) is 0. The van der Waals surface area contributed by atoms with Gasteiger partial charge in [-0.3, -0.25) is 4.79 Å². The molecule has 0 aliphatic carbocycles. The van der Waals surface area contributed by atoms with Crippen molar-refractivity contribution in [3.8, 4) is 5.75 Å². The molecule has 0 radical (unpaired) electrons. The molecule has 0 unspecified atom stereocenters. The number of ether oxygens (including phenoxy) is 3. The zero-order valence-corrected chi connectivity index (χ0v) is 13.7. The van der Waals surface area contributed by atoms with Gasteiger partial charge in [0.1, 0.15) is 29.3 Å². The van der Waals surface area contributed by atoms with Gasteiger partial charge in [-0.25, -0.2) is 4.79 Å². The summed E-state index contributed by atoms with van der Waals surface area (Å²) in [5.41, 5.74) is 0.865. The lowest BCUT2D eigenvalue weighted by molar-refractivity contribution is -0.137. The number of furan rings is 1. The quantitative estimate of drug-likeness (QED) is 0.462. The van der Waals surface area contributed by atoms with Gasteiger partial charge < -0.3 is 18.6 Å². The Labute approximate surface area is 134 Å². The SMILES string of the molecule is COCCOC(=O)c1c(C)oc2ccc(OC(=O)C(C)C)cc12. The van der Waals surface area contributed by atoms with Gasteiger partial charge in [0.25, 0.3) is 0 Å². The van der Waals surface area contributed by atoms with Crippen molar-refractivity contribution in [2.24, 2.45) is 5.92 Å². The molecule has 1 heterocycles. The van der Waals surface area contributed by atoms with Gasteiger partial charge in [0.15, 0.2) is 0 Å². The summed E-state index contributed by atoms with van der Waals surface area (Å²) in [6, 6.07) is 4.90. The number of benzene rings is 1. The second kappa shape index (κ2) is 7.28. The standard InChI is InChI=1S/C17H20O6/c1-10(2)16(18)23-12-5-6-14-13(9-12)15(11(3)22-14)17(19)21-8-7-20-4/h5-6,9-10H,7-8H2,1-4H3. The number of carbonyl (C=O) groups is 2. The van der Waals surface area contributed by atoms with Crippen LogP contribution in [0.2, 0.25) is 0 Å². The number of methoxy groups -OCH3 is 1. The third-order valence-electron chi connectivity index (χ3n) is 3.25. The van der Waals surface area contributed by atoms with Gasteiger partial charge in [-0.1, -0.05) is 13.8 Å². The van der Waals surface area contributed by atoms with Gasteiger partial charge >= 0.3 is 11.9 Å². The smallest absolute Gasteiger partial charge is 0.342 e. The minimum atomic E-state index is -0.495. The average Bonchev–Trinajstić information content (AvgIpc) is 2.82. The lowest BCUT2D eigenvalue weighted by Gasteiger charge is -2.07. The number of hydrogen-bond acceptors (Lipinski definition) is 6. The Morgan fingerprint density at radius 1 is 1.22 bits per heavy atom. The molecular weight excluding hydrogens is 300 g/mol. The van der Waals surface area contributed by atoms with Gasteiger partial charge in [0.2, 0.25) is 0 Å². The van der Waals surface area contributed by atoms with Crippen molar-refractivity contribution < 1.29 is 28.2 Å². The first-order valence-electron chi connectivity index (χ1n) is 7.35. The molecule has 0 atom stereocenters. The van der Waals surface area contributed by atoms with Crippen LogP contribution >= 0.6 is 0 Å². The largest absolute Gasteiger partial charge is 0.460 e. The molecule has 23 heavy (non-hydrogen) atoms. The predicted molar refractivity (Wildman–Crippen MR) is 83.6 cm³/mol. The molecule has 0 saturated carbocycles. The van der Waals surface area contributed by atoms with E-state index in [-0.39, 0.29) is 18.5 Å². The highest BCUT2D eigenvalue weighted by atomic mass is 16.6. The second-order valence-electron chi connectivity index (χ2n) is 5.40. The first-order valence-corrected chi connectivity index (χ1v) is 7.35. The maximum Gasteiger partial charge on any atom is 0.342 e. The van der Waals surface area contributed by atoms with Crippen molar-refractivity contribution in [2.45, 2.75) is 20.8 Å². The lowest BCUT2D eigenvalue weighted by atomic mass is 10.1. The number of rotatable bonds is 6. The molecule has 124 valence electrons. The molecule has 1 aromatic heterocycles. The van der Waals surface area contributed by atoms with Crippen molar-refractivity contribution in [2.75, 3.05) is 20.3 Å². The van der Waals surface area contributed by atoms with Crippen LogP contribution in [-0.2, 0) is 14.3 Å². The molecule has 0 N–H and O–H groups in total. The third-order valence-corrected chi connectivity index (χ3v) is 3.25. The zero-order chi connectivity index (χ0) is 17.0. The molecule has 6 heteroatoms. The highest BCUT2D eigenvalue weighted by Crippen LogP contribution is 2.30. The fraction of sp³-hybridized carbons (Fsp3) is 0.412. The van der Waals surface area contributed by atoms with Crippen LogP contribution in [0, 0.1) is 12.8 Å². The highest BCUT2D eigenvalue weighted by molar-refractivity contribution is 6.05. The van der Waals surface area contributed by atoms with Crippen molar-refractivity contribution in [1.82, 2.24) is 0 Å². The van der Waals surface area contributed by atoms with E-state index in [1.54, 1.807) is 39.0 Å². The summed E-state index contributed by atoms with van der Waals surface area (Å²) in [6.45, 7) is 5.66. The van der Waals surface area contributed by atoms with E-state index in [9.17, 15) is 9.59 Å². The van der Waals surface area contributed by atoms with Crippen molar-refractivity contribution >= 4 is 22.9 Å². The van der Waals surface area contributed by atoms with Crippen LogP contribution in [0.15, 0.2) is 22.6 Å². The average molecular weight is 320 g/mol. The minimum absolute atomic E-state index is 0.156. The fourth-order valence-electron chi connectivity index (χ4n) is 2.04. The fourth-order valence-corrected chi connectivity index (χ4v) is 2.04. The lowest BCUT2D eigenvalue weighted by Crippen LogP contribution is -2.14. The molecule has 0 bridgehead atoms. The Morgan fingerprint density at radius 2 is 1.96 bits per heavy atom. The summed E-state index contributed by atoms with van der Waals surface area (Å²) < 4.78 is 20.8. The summed E-state index contributed by atoms with van der Waals surface area (Å²) in [5, 5.41) is 0.555. The predicted octanol–water partition coefficient (Wildman–Crippen LogP) is 3.11. The van der Waals surface area contributed by atoms with E-state index >= 15 is 0 Å². The first-order chi connectivity index (χ1) is 10.9. The van der Waals surface area contributed by atoms with E-state index < -0.39 is 5.97 Å². The van der Waals surface area contributed by atoms with Crippen LogP contribution < -0.4 is 4.74 Å². The Morgan fingerprint density at radius 3 is 2.61 bits per heavy atom. The Balaban J connectivity index is 2.31. The van der Waals surface area contributed by atoms with E-state index in [0.29, 0.717) is 34.6 Å². The van der Waals surface area contributed by atoms with Crippen LogP contribution in [0.4, 0.5) is 0 Å². The van der Waals surface area contributed by atoms with E-state index in [0.717, 1.165) is 0 Å². The number of esters is 2. The highest BCUT2D eigenvalue weighted by Gasteiger charge is 2.21. The number of fused-ring (bicyclic) bond motifs is 1. The maximum atomic E-state index is 12.2. The van der Waals surface area contributed by atoms with Crippen molar-refractivity contribution in [1.29, 1.82) is 0 Å². The summed E-state index contributed by atoms with van der Waals surface area (Å²) in [4.78, 5) is 23.9. The van der Waals surface area contributed by atoms with Crippen LogP contribution in [0.25, 0.3) is 11.0 Å². The number of carbonyl (C=O) groups excluding carboxylic acids is 2. The Hall–Kier alpha value is -2.34. The van der Waals surface area contributed by atoms with Crippen LogP contribution in [0.5, 0.6) is 5.75 Å². The summed E-state index contributed by atoms with van der Waals surface area (Å²) in [5.74, 6) is -0.257. The summed E-state index contributed by atoms with van der Waals surface area (Å²) >= 11 is 0. The molecular formula is C17H20O6. The number of aryl methyl sites for hydroxylation is 1. The molecule has 2 aromatic rings. The first kappa shape index (κ1) is 17.0. The minimum Gasteiger partial charge on any atom is -0.460 e. The van der Waals surface area contributed by atoms with Crippen LogP contribution in [-0.4, -0.2) is 32.3 Å². The molecule has 1 aromatic carbocycles. The normalized spacial score (nSPS) is 11.0. The third kappa shape index (κ3) is 3.90.